The predicted octanol–water partition coefficient (Wildman–Crippen LogP) is 2.91. The summed E-state index contributed by atoms with van der Waals surface area (Å²) in [6.07, 6.45) is 0. The van der Waals surface area contributed by atoms with Gasteiger partial charge in [0.05, 0.1) is 20.3 Å². The molecule has 1 aliphatic heterocycles. The van der Waals surface area contributed by atoms with Crippen LogP contribution < -0.4 is 5.32 Å². The minimum atomic E-state index is -1.05. The third-order valence-corrected chi connectivity index (χ3v) is 5.17. The maximum Gasteiger partial charge on any atom is 0.355 e. The van der Waals surface area contributed by atoms with Crippen LogP contribution >= 0.6 is 22.9 Å². The highest BCUT2D eigenvalue weighted by Gasteiger charge is 2.40. The molecule has 0 fully saturated rings. The molecule has 1 atom stereocenters. The van der Waals surface area contributed by atoms with Gasteiger partial charge in [-0.1, -0.05) is 42.6 Å². The summed E-state index contributed by atoms with van der Waals surface area (Å²) in [7, 11) is 0. The number of rotatable bonds is 5. The lowest BCUT2D eigenvalue weighted by Gasteiger charge is -2.22. The molecule has 3 amide bonds. The molecule has 2 heterocycles. The average Bonchev–Trinajstić information content (AvgIpc) is 3.17. The highest BCUT2D eigenvalue weighted by Crippen LogP contribution is 2.24. The minimum Gasteiger partial charge on any atom is -0.338 e. The Morgan fingerprint density at radius 2 is 1.67 bits per heavy atom. The molecule has 3 rings (SSSR count). The minimum absolute atomic E-state index is 0.161. The van der Waals surface area contributed by atoms with Gasteiger partial charge in [0.15, 0.2) is 0 Å². The van der Waals surface area contributed by atoms with E-state index in [0.717, 1.165) is 11.3 Å². The summed E-state index contributed by atoms with van der Waals surface area (Å²) in [5, 5.41) is 2.99. The Hall–Kier alpha value is -2.71. The van der Waals surface area contributed by atoms with Crippen molar-refractivity contribution in [3.63, 3.8) is 0 Å². The van der Waals surface area contributed by atoms with Crippen LogP contribution in [0.4, 0.5) is 0 Å². The zero-order valence-electron chi connectivity index (χ0n) is 14.4. The molecule has 0 radical (unpaired) electrons. The second-order valence-electron chi connectivity index (χ2n) is 6.16. The number of carbonyl (C=O) groups excluding carboxylic acids is 4. The summed E-state index contributed by atoms with van der Waals surface area (Å²) in [6, 6.07) is 8.23. The van der Waals surface area contributed by atoms with Gasteiger partial charge in [0.25, 0.3) is 17.7 Å². The number of halogens is 1. The van der Waals surface area contributed by atoms with E-state index in [4.69, 9.17) is 16.4 Å². The lowest BCUT2D eigenvalue weighted by molar-refractivity contribution is -0.172. The Morgan fingerprint density at radius 3 is 2.15 bits per heavy atom. The number of hydrogen-bond donors (Lipinski definition) is 1. The van der Waals surface area contributed by atoms with E-state index in [0.29, 0.717) is 14.3 Å². The van der Waals surface area contributed by atoms with E-state index in [9.17, 15) is 19.2 Å². The number of carbonyl (C=O) groups is 4. The smallest absolute Gasteiger partial charge is 0.338 e. The molecule has 1 aromatic carbocycles. The standard InChI is InChI=1S/C18H15ClN2O5S/c1-9(2)14(20-15(22)12-7-8-13(19)27-12)18(25)26-21-16(23)10-5-3-4-6-11(10)17(21)24/h3-9,14H,1-2H3,(H,20,22)/t14-/m1/s1. The molecule has 0 saturated carbocycles. The fourth-order valence-corrected chi connectivity index (χ4v) is 3.49. The Morgan fingerprint density at radius 1 is 1.07 bits per heavy atom. The van der Waals surface area contributed by atoms with Crippen molar-refractivity contribution in [3.8, 4) is 0 Å². The van der Waals surface area contributed by atoms with Gasteiger partial charge >= 0.3 is 5.97 Å². The Labute approximate surface area is 163 Å². The first-order valence-corrected chi connectivity index (χ1v) is 9.25. The molecule has 0 unspecified atom stereocenters. The Balaban J connectivity index is 1.74. The normalized spacial score (nSPS) is 14.3. The highest BCUT2D eigenvalue weighted by molar-refractivity contribution is 7.18. The number of fused-ring (bicyclic) bond motifs is 1. The van der Waals surface area contributed by atoms with Crippen LogP contribution in [-0.4, -0.2) is 34.8 Å². The zero-order chi connectivity index (χ0) is 19.7. The lowest BCUT2D eigenvalue weighted by atomic mass is 10.0. The average molecular weight is 407 g/mol. The first-order chi connectivity index (χ1) is 12.8. The molecule has 1 aliphatic rings. The molecule has 0 saturated heterocycles. The van der Waals surface area contributed by atoms with Crippen molar-refractivity contribution in [1.82, 2.24) is 10.4 Å². The van der Waals surface area contributed by atoms with Crippen LogP contribution in [0.1, 0.15) is 44.2 Å². The largest absolute Gasteiger partial charge is 0.355 e. The van der Waals surface area contributed by atoms with E-state index in [1.54, 1.807) is 32.0 Å². The van der Waals surface area contributed by atoms with Crippen molar-refractivity contribution in [2.45, 2.75) is 19.9 Å². The van der Waals surface area contributed by atoms with Crippen LogP contribution in [0.15, 0.2) is 36.4 Å². The monoisotopic (exact) mass is 406 g/mol. The van der Waals surface area contributed by atoms with Gasteiger partial charge in [-0.15, -0.1) is 11.3 Å². The second kappa shape index (κ2) is 7.50. The van der Waals surface area contributed by atoms with Crippen molar-refractivity contribution >= 4 is 46.6 Å². The molecule has 0 spiro atoms. The maximum atomic E-state index is 12.5. The molecule has 9 heteroatoms. The van der Waals surface area contributed by atoms with Gasteiger partial charge in [0.2, 0.25) is 0 Å². The van der Waals surface area contributed by atoms with E-state index in [1.807, 2.05) is 0 Å². The third-order valence-electron chi connectivity index (χ3n) is 3.94. The molecule has 0 aliphatic carbocycles. The van der Waals surface area contributed by atoms with Gasteiger partial charge in [0.1, 0.15) is 6.04 Å². The number of hydrogen-bond acceptors (Lipinski definition) is 6. The van der Waals surface area contributed by atoms with E-state index in [2.05, 4.69) is 5.32 Å². The summed E-state index contributed by atoms with van der Waals surface area (Å²) in [4.78, 5) is 54.8. The molecular weight excluding hydrogens is 392 g/mol. The van der Waals surface area contributed by atoms with E-state index < -0.39 is 29.7 Å². The summed E-state index contributed by atoms with van der Waals surface area (Å²) in [5.74, 6) is -3.18. The first-order valence-electron chi connectivity index (χ1n) is 8.05. The van der Waals surface area contributed by atoms with Crippen molar-refractivity contribution < 1.29 is 24.0 Å². The van der Waals surface area contributed by atoms with Gasteiger partial charge in [-0.3, -0.25) is 14.4 Å². The van der Waals surface area contributed by atoms with Crippen molar-refractivity contribution in [3.05, 3.63) is 56.7 Å². The number of thiophene rings is 1. The van der Waals surface area contributed by atoms with Crippen LogP contribution in [0.5, 0.6) is 0 Å². The number of hydroxylamine groups is 2. The SMILES string of the molecule is CC(C)[C@@H](NC(=O)c1ccc(Cl)s1)C(=O)ON1C(=O)c2ccccc2C1=O. The number of imide groups is 1. The topological polar surface area (TPSA) is 92.8 Å². The van der Waals surface area contributed by atoms with Gasteiger partial charge in [-0.25, -0.2) is 4.79 Å². The van der Waals surface area contributed by atoms with Crippen LogP contribution in [-0.2, 0) is 9.63 Å². The fourth-order valence-electron chi connectivity index (χ4n) is 2.54. The summed E-state index contributed by atoms with van der Waals surface area (Å²) in [6.45, 7) is 3.41. The molecule has 7 nitrogen and oxygen atoms in total. The Bertz CT molecular complexity index is 904. The summed E-state index contributed by atoms with van der Waals surface area (Å²) >= 11 is 6.89. The van der Waals surface area contributed by atoms with E-state index >= 15 is 0 Å². The van der Waals surface area contributed by atoms with Gasteiger partial charge in [-0.05, 0) is 30.2 Å². The van der Waals surface area contributed by atoms with Crippen LogP contribution in [0.2, 0.25) is 4.34 Å². The molecular formula is C18H15ClN2O5S. The molecule has 1 N–H and O–H groups in total. The maximum absolute atomic E-state index is 12.5. The predicted molar refractivity (Wildman–Crippen MR) is 98.5 cm³/mol. The zero-order valence-corrected chi connectivity index (χ0v) is 16.0. The van der Waals surface area contributed by atoms with Crippen LogP contribution in [0, 0.1) is 5.92 Å². The van der Waals surface area contributed by atoms with Crippen LogP contribution in [0.25, 0.3) is 0 Å². The molecule has 2 aromatic rings. The molecule has 27 heavy (non-hydrogen) atoms. The van der Waals surface area contributed by atoms with E-state index in [1.165, 1.54) is 18.2 Å². The molecule has 1 aromatic heterocycles. The first kappa shape index (κ1) is 19.1. The fraction of sp³-hybridized carbons (Fsp3) is 0.222. The third kappa shape index (κ3) is 3.72. The van der Waals surface area contributed by atoms with Crippen molar-refractivity contribution in [1.29, 1.82) is 0 Å². The number of nitrogens with one attached hydrogen (secondary N) is 1. The van der Waals surface area contributed by atoms with E-state index in [-0.39, 0.29) is 17.0 Å². The summed E-state index contributed by atoms with van der Waals surface area (Å²) < 4.78 is 0.440. The van der Waals surface area contributed by atoms with Gasteiger partial charge < -0.3 is 10.2 Å². The Kier molecular flexibility index (Phi) is 5.29. The molecule has 140 valence electrons. The van der Waals surface area contributed by atoms with Crippen molar-refractivity contribution in [2.24, 2.45) is 5.92 Å². The summed E-state index contributed by atoms with van der Waals surface area (Å²) in [5.41, 5.74) is 0.322. The highest BCUT2D eigenvalue weighted by atomic mass is 35.5. The number of amides is 3. The number of benzene rings is 1. The van der Waals surface area contributed by atoms with Crippen molar-refractivity contribution in [2.75, 3.05) is 0 Å². The van der Waals surface area contributed by atoms with Gasteiger partial charge in [-0.2, -0.15) is 0 Å². The quantitative estimate of drug-likeness (QED) is 0.770. The second-order valence-corrected chi connectivity index (χ2v) is 7.87. The lowest BCUT2D eigenvalue weighted by Crippen LogP contribution is -2.48. The molecule has 0 bridgehead atoms. The van der Waals surface area contributed by atoms with Gasteiger partial charge in [0, 0.05) is 0 Å². The number of nitrogens with zero attached hydrogens (tertiary/aromatic N) is 1. The van der Waals surface area contributed by atoms with Crippen LogP contribution in [0.3, 0.4) is 0 Å².